The monoisotopic (exact) mass is 373 g/mol. The highest BCUT2D eigenvalue weighted by atomic mass is 19.1. The minimum atomic E-state index is -1.11. The number of anilines is 2. The summed E-state index contributed by atoms with van der Waals surface area (Å²) in [7, 11) is 0. The predicted octanol–water partition coefficient (Wildman–Crippen LogP) is 2.83. The van der Waals surface area contributed by atoms with Gasteiger partial charge in [-0.1, -0.05) is 18.2 Å². The van der Waals surface area contributed by atoms with Crippen LogP contribution in [0.25, 0.3) is 0 Å². The minimum absolute atomic E-state index is 0.0856. The molecule has 1 atom stereocenters. The van der Waals surface area contributed by atoms with Crippen LogP contribution in [0.1, 0.15) is 17.2 Å². The Balaban J connectivity index is 1.55. The second-order valence-corrected chi connectivity index (χ2v) is 6.47. The number of carbonyl (C=O) groups is 1. The van der Waals surface area contributed by atoms with E-state index in [4.69, 9.17) is 4.74 Å². The lowest BCUT2D eigenvalue weighted by Gasteiger charge is -2.29. The van der Waals surface area contributed by atoms with Crippen molar-refractivity contribution < 1.29 is 19.0 Å². The van der Waals surface area contributed by atoms with Crippen LogP contribution in [0.4, 0.5) is 20.6 Å². The topological polar surface area (TPSA) is 73.8 Å². The van der Waals surface area contributed by atoms with E-state index in [1.165, 1.54) is 12.1 Å². The van der Waals surface area contributed by atoms with Crippen LogP contribution in [0.15, 0.2) is 42.5 Å². The van der Waals surface area contributed by atoms with Gasteiger partial charge in [0, 0.05) is 36.6 Å². The fraction of sp³-hybridized carbons (Fsp3) is 0.350. The number of morpholine rings is 1. The number of urea groups is 1. The number of rotatable bonds is 5. The van der Waals surface area contributed by atoms with E-state index in [1.807, 2.05) is 25.1 Å². The predicted molar refractivity (Wildman–Crippen MR) is 103 cm³/mol. The van der Waals surface area contributed by atoms with Crippen molar-refractivity contribution in [3.05, 3.63) is 59.4 Å². The van der Waals surface area contributed by atoms with Crippen molar-refractivity contribution in [3.63, 3.8) is 0 Å². The van der Waals surface area contributed by atoms with E-state index in [1.54, 1.807) is 12.1 Å². The summed E-state index contributed by atoms with van der Waals surface area (Å²) in [6.45, 7) is 4.96. The van der Waals surface area contributed by atoms with E-state index in [2.05, 4.69) is 15.5 Å². The zero-order valence-electron chi connectivity index (χ0n) is 15.2. The Kier molecular flexibility index (Phi) is 6.26. The lowest BCUT2D eigenvalue weighted by atomic mass is 10.1. The number of aliphatic hydroxyl groups excluding tert-OH is 1. The van der Waals surface area contributed by atoms with Crippen LogP contribution in [0, 0.1) is 12.7 Å². The van der Waals surface area contributed by atoms with Gasteiger partial charge >= 0.3 is 6.03 Å². The van der Waals surface area contributed by atoms with Crippen molar-refractivity contribution in [2.75, 3.05) is 43.1 Å². The molecule has 0 aromatic heterocycles. The third-order valence-corrected chi connectivity index (χ3v) is 4.55. The summed E-state index contributed by atoms with van der Waals surface area (Å²) in [5, 5.41) is 15.4. The van der Waals surface area contributed by atoms with Crippen molar-refractivity contribution in [2.45, 2.75) is 13.0 Å². The number of halogens is 1. The fourth-order valence-corrected chi connectivity index (χ4v) is 3.02. The molecule has 0 spiro atoms. The number of aliphatic hydroxyl groups is 1. The van der Waals surface area contributed by atoms with Crippen molar-refractivity contribution in [1.82, 2.24) is 5.32 Å². The summed E-state index contributed by atoms with van der Waals surface area (Å²) in [6.07, 6.45) is -1.11. The van der Waals surface area contributed by atoms with Gasteiger partial charge < -0.3 is 25.4 Å². The molecule has 1 saturated heterocycles. The van der Waals surface area contributed by atoms with E-state index >= 15 is 0 Å². The molecule has 2 aromatic carbocycles. The number of benzene rings is 2. The Morgan fingerprint density at radius 2 is 2.00 bits per heavy atom. The largest absolute Gasteiger partial charge is 0.386 e. The first-order valence-electron chi connectivity index (χ1n) is 8.95. The van der Waals surface area contributed by atoms with Crippen LogP contribution in [0.2, 0.25) is 0 Å². The average Bonchev–Trinajstić information content (AvgIpc) is 2.69. The van der Waals surface area contributed by atoms with Crippen molar-refractivity contribution in [2.24, 2.45) is 0 Å². The number of hydrogen-bond donors (Lipinski definition) is 3. The van der Waals surface area contributed by atoms with E-state index in [9.17, 15) is 14.3 Å². The van der Waals surface area contributed by atoms with E-state index in [-0.39, 0.29) is 12.1 Å². The molecule has 0 bridgehead atoms. The average molecular weight is 373 g/mol. The molecule has 1 aliphatic rings. The zero-order chi connectivity index (χ0) is 19.2. The van der Waals surface area contributed by atoms with E-state index in [0.29, 0.717) is 18.9 Å². The van der Waals surface area contributed by atoms with Crippen LogP contribution in [-0.2, 0) is 4.74 Å². The van der Waals surface area contributed by atoms with Gasteiger partial charge in [-0.15, -0.1) is 0 Å². The molecular formula is C20H24FN3O3. The highest BCUT2D eigenvalue weighted by Crippen LogP contribution is 2.23. The van der Waals surface area contributed by atoms with Gasteiger partial charge in [0.1, 0.15) is 5.82 Å². The fourth-order valence-electron chi connectivity index (χ4n) is 3.02. The highest BCUT2D eigenvalue weighted by Gasteiger charge is 2.15. The first-order chi connectivity index (χ1) is 13.0. The molecule has 2 amide bonds. The first-order valence-corrected chi connectivity index (χ1v) is 8.95. The summed E-state index contributed by atoms with van der Waals surface area (Å²) in [6, 6.07) is 11.3. The molecule has 0 unspecified atom stereocenters. The number of carbonyl (C=O) groups excluding carboxylic acids is 1. The third kappa shape index (κ3) is 4.96. The smallest absolute Gasteiger partial charge is 0.319 e. The van der Waals surface area contributed by atoms with Gasteiger partial charge in [0.25, 0.3) is 0 Å². The lowest BCUT2D eigenvalue weighted by Crippen LogP contribution is -2.36. The zero-order valence-corrected chi connectivity index (χ0v) is 15.2. The summed E-state index contributed by atoms with van der Waals surface area (Å²) >= 11 is 0. The number of amides is 2. The second-order valence-electron chi connectivity index (χ2n) is 6.47. The van der Waals surface area contributed by atoms with E-state index in [0.717, 1.165) is 24.3 Å². The van der Waals surface area contributed by atoms with Crippen LogP contribution in [-0.4, -0.2) is 44.0 Å². The van der Waals surface area contributed by atoms with Gasteiger partial charge in [-0.05, 0) is 36.8 Å². The molecule has 1 aliphatic heterocycles. The van der Waals surface area contributed by atoms with Crippen LogP contribution < -0.4 is 15.5 Å². The lowest BCUT2D eigenvalue weighted by molar-refractivity contribution is 0.122. The molecule has 1 fully saturated rings. The highest BCUT2D eigenvalue weighted by molar-refractivity contribution is 5.90. The molecular weight excluding hydrogens is 349 g/mol. The molecule has 7 heteroatoms. The molecule has 27 heavy (non-hydrogen) atoms. The molecule has 3 rings (SSSR count). The molecule has 3 N–H and O–H groups in total. The Hall–Kier alpha value is -2.64. The molecule has 1 heterocycles. The Morgan fingerprint density at radius 3 is 2.70 bits per heavy atom. The maximum atomic E-state index is 13.7. The Labute approximate surface area is 157 Å². The SMILES string of the molecule is Cc1cc(N2CCOCC2)ccc1NC(=O)NC[C@@H](O)c1ccccc1F. The van der Waals surface area contributed by atoms with Crippen LogP contribution in [0.3, 0.4) is 0 Å². The number of nitrogens with zero attached hydrogens (tertiary/aromatic N) is 1. The number of hydrogen-bond acceptors (Lipinski definition) is 4. The quantitative estimate of drug-likeness (QED) is 0.754. The molecule has 144 valence electrons. The van der Waals surface area contributed by atoms with Gasteiger partial charge in [0.05, 0.1) is 19.3 Å². The summed E-state index contributed by atoms with van der Waals surface area (Å²) < 4.78 is 19.0. The normalized spacial score (nSPS) is 15.3. The Morgan fingerprint density at radius 1 is 1.26 bits per heavy atom. The Bertz CT molecular complexity index is 794. The molecule has 0 saturated carbocycles. The number of ether oxygens (including phenoxy) is 1. The van der Waals surface area contributed by atoms with Crippen molar-refractivity contribution >= 4 is 17.4 Å². The van der Waals surface area contributed by atoms with Crippen LogP contribution >= 0.6 is 0 Å². The summed E-state index contributed by atoms with van der Waals surface area (Å²) in [4.78, 5) is 14.4. The molecule has 0 aliphatic carbocycles. The third-order valence-electron chi connectivity index (χ3n) is 4.55. The van der Waals surface area contributed by atoms with Gasteiger partial charge in [-0.2, -0.15) is 0 Å². The van der Waals surface area contributed by atoms with Gasteiger partial charge in [0.2, 0.25) is 0 Å². The van der Waals surface area contributed by atoms with Crippen molar-refractivity contribution in [3.8, 4) is 0 Å². The van der Waals surface area contributed by atoms with Crippen LogP contribution in [0.5, 0.6) is 0 Å². The second kappa shape index (κ2) is 8.83. The van der Waals surface area contributed by atoms with Gasteiger partial charge in [-0.3, -0.25) is 0 Å². The summed E-state index contributed by atoms with van der Waals surface area (Å²) in [5.74, 6) is -0.498. The molecule has 2 aromatic rings. The first kappa shape index (κ1) is 19.1. The standard InChI is InChI=1S/C20H24FN3O3/c1-14-12-15(24-8-10-27-11-9-24)6-7-18(14)23-20(26)22-13-19(25)16-4-2-3-5-17(16)21/h2-7,12,19,25H,8-11,13H2,1H3,(H2,22,23,26)/t19-/m1/s1. The summed E-state index contributed by atoms with van der Waals surface area (Å²) in [5.41, 5.74) is 2.87. The van der Waals surface area contributed by atoms with Gasteiger partial charge in [0.15, 0.2) is 0 Å². The maximum Gasteiger partial charge on any atom is 0.319 e. The number of nitrogens with one attached hydrogen (secondary N) is 2. The van der Waals surface area contributed by atoms with Crippen molar-refractivity contribution in [1.29, 1.82) is 0 Å². The molecule has 0 radical (unpaired) electrons. The number of aryl methyl sites for hydroxylation is 1. The maximum absolute atomic E-state index is 13.7. The minimum Gasteiger partial charge on any atom is -0.386 e. The van der Waals surface area contributed by atoms with Gasteiger partial charge in [-0.25, -0.2) is 9.18 Å². The van der Waals surface area contributed by atoms with E-state index < -0.39 is 18.0 Å². The molecule has 6 nitrogen and oxygen atoms in total.